The normalized spacial score (nSPS) is 17.8. The first-order valence-electron chi connectivity index (χ1n) is 7.47. The minimum Gasteiger partial charge on any atom is -0.489 e. The largest absolute Gasteiger partial charge is 0.489 e. The van der Waals surface area contributed by atoms with E-state index in [1.165, 1.54) is 25.7 Å². The number of benzene rings is 1. The summed E-state index contributed by atoms with van der Waals surface area (Å²) in [6, 6.07) is 10.5. The van der Waals surface area contributed by atoms with Crippen LogP contribution in [0.3, 0.4) is 0 Å². The van der Waals surface area contributed by atoms with E-state index in [4.69, 9.17) is 4.74 Å². The number of hydrogen-bond acceptors (Lipinski definition) is 2. The summed E-state index contributed by atoms with van der Waals surface area (Å²) in [4.78, 5) is 4.27. The van der Waals surface area contributed by atoms with Crippen LogP contribution in [0.2, 0.25) is 0 Å². The molecular weight excluding hydrogens is 250 g/mol. The summed E-state index contributed by atoms with van der Waals surface area (Å²) in [7, 11) is 1.81. The van der Waals surface area contributed by atoms with E-state index < -0.39 is 0 Å². The van der Waals surface area contributed by atoms with Gasteiger partial charge in [0.1, 0.15) is 11.9 Å². The highest BCUT2D eigenvalue weighted by molar-refractivity contribution is 5.80. The Morgan fingerprint density at radius 1 is 1.30 bits per heavy atom. The summed E-state index contributed by atoms with van der Waals surface area (Å²) in [5.41, 5.74) is 0. The molecule has 1 atom stereocenters. The van der Waals surface area contributed by atoms with Crippen molar-refractivity contribution >= 4 is 5.96 Å². The maximum absolute atomic E-state index is 5.83. The quantitative estimate of drug-likeness (QED) is 0.641. The van der Waals surface area contributed by atoms with E-state index in [9.17, 15) is 0 Å². The zero-order valence-electron chi connectivity index (χ0n) is 12.4. The van der Waals surface area contributed by atoms with Crippen molar-refractivity contribution in [3.05, 3.63) is 30.3 Å². The van der Waals surface area contributed by atoms with Crippen molar-refractivity contribution in [1.82, 2.24) is 10.6 Å². The van der Waals surface area contributed by atoms with Crippen LogP contribution in [-0.2, 0) is 0 Å². The summed E-state index contributed by atoms with van der Waals surface area (Å²) in [5, 5.41) is 6.80. The molecule has 0 aromatic heterocycles. The van der Waals surface area contributed by atoms with E-state index in [1.807, 2.05) is 37.4 Å². The first-order chi connectivity index (χ1) is 9.78. The molecule has 0 radical (unpaired) electrons. The highest BCUT2D eigenvalue weighted by atomic mass is 16.5. The second-order valence-electron chi connectivity index (χ2n) is 5.32. The van der Waals surface area contributed by atoms with Crippen molar-refractivity contribution in [1.29, 1.82) is 0 Å². The van der Waals surface area contributed by atoms with Gasteiger partial charge in [-0.2, -0.15) is 0 Å². The van der Waals surface area contributed by atoms with Crippen LogP contribution < -0.4 is 15.4 Å². The number of hydrogen-bond donors (Lipinski definition) is 2. The van der Waals surface area contributed by atoms with Crippen LogP contribution in [0.4, 0.5) is 0 Å². The van der Waals surface area contributed by atoms with Crippen LogP contribution in [0.25, 0.3) is 0 Å². The molecule has 0 heterocycles. The van der Waals surface area contributed by atoms with Gasteiger partial charge in [-0.05, 0) is 31.9 Å². The average molecular weight is 275 g/mol. The van der Waals surface area contributed by atoms with Crippen LogP contribution in [0.1, 0.15) is 32.6 Å². The lowest BCUT2D eigenvalue weighted by atomic mass is 10.2. The molecule has 1 saturated carbocycles. The Bertz CT molecular complexity index is 413. The number of rotatable bonds is 5. The smallest absolute Gasteiger partial charge is 0.191 e. The zero-order valence-corrected chi connectivity index (χ0v) is 12.4. The molecule has 1 aromatic rings. The molecule has 0 saturated heterocycles. The second kappa shape index (κ2) is 7.78. The molecule has 1 unspecified atom stereocenters. The number of para-hydroxylation sites is 1. The minimum atomic E-state index is 0.0968. The van der Waals surface area contributed by atoms with Gasteiger partial charge in [-0.15, -0.1) is 0 Å². The monoisotopic (exact) mass is 275 g/mol. The number of aliphatic imine (C=N–C) groups is 1. The van der Waals surface area contributed by atoms with Gasteiger partial charge in [0, 0.05) is 13.1 Å². The molecule has 2 N–H and O–H groups in total. The highest BCUT2D eigenvalue weighted by Crippen LogP contribution is 2.17. The molecule has 2 rings (SSSR count). The van der Waals surface area contributed by atoms with Crippen molar-refractivity contribution in [2.24, 2.45) is 4.99 Å². The van der Waals surface area contributed by atoms with Gasteiger partial charge in [0.2, 0.25) is 0 Å². The lowest BCUT2D eigenvalue weighted by Crippen LogP contribution is -2.45. The van der Waals surface area contributed by atoms with E-state index in [1.54, 1.807) is 0 Å². The maximum atomic E-state index is 5.83. The predicted molar refractivity (Wildman–Crippen MR) is 83.3 cm³/mol. The molecule has 0 aliphatic heterocycles. The molecule has 1 aliphatic carbocycles. The molecular formula is C16H25N3O. The summed E-state index contributed by atoms with van der Waals surface area (Å²) < 4.78 is 5.83. The van der Waals surface area contributed by atoms with Gasteiger partial charge in [0.15, 0.2) is 5.96 Å². The molecule has 4 nitrogen and oxygen atoms in total. The lowest BCUT2D eigenvalue weighted by Gasteiger charge is -2.20. The van der Waals surface area contributed by atoms with Crippen molar-refractivity contribution in [2.45, 2.75) is 44.8 Å². The van der Waals surface area contributed by atoms with Gasteiger partial charge in [-0.25, -0.2) is 0 Å². The second-order valence-corrected chi connectivity index (χ2v) is 5.32. The Kier molecular flexibility index (Phi) is 5.71. The molecule has 0 bridgehead atoms. The molecule has 4 heteroatoms. The van der Waals surface area contributed by atoms with E-state index in [0.717, 1.165) is 18.3 Å². The minimum absolute atomic E-state index is 0.0968. The topological polar surface area (TPSA) is 45.7 Å². The van der Waals surface area contributed by atoms with Gasteiger partial charge in [-0.1, -0.05) is 31.0 Å². The van der Waals surface area contributed by atoms with Crippen molar-refractivity contribution in [3.63, 3.8) is 0 Å². The summed E-state index contributed by atoms with van der Waals surface area (Å²) in [6.45, 7) is 2.80. The fraction of sp³-hybridized carbons (Fsp3) is 0.562. The lowest BCUT2D eigenvalue weighted by molar-refractivity contribution is 0.223. The van der Waals surface area contributed by atoms with E-state index in [-0.39, 0.29) is 6.10 Å². The van der Waals surface area contributed by atoms with E-state index in [0.29, 0.717) is 6.04 Å². The average Bonchev–Trinajstić information content (AvgIpc) is 2.97. The van der Waals surface area contributed by atoms with E-state index >= 15 is 0 Å². The third kappa shape index (κ3) is 4.76. The van der Waals surface area contributed by atoms with Crippen LogP contribution in [-0.4, -0.2) is 31.7 Å². The van der Waals surface area contributed by atoms with E-state index in [2.05, 4.69) is 22.5 Å². The predicted octanol–water partition coefficient (Wildman–Crippen LogP) is 2.56. The number of nitrogens with one attached hydrogen (secondary N) is 2. The summed E-state index contributed by atoms with van der Waals surface area (Å²) in [6.07, 6.45) is 5.23. The zero-order chi connectivity index (χ0) is 14.2. The molecule has 110 valence electrons. The Morgan fingerprint density at radius 2 is 2.00 bits per heavy atom. The van der Waals surface area contributed by atoms with Crippen molar-refractivity contribution in [3.8, 4) is 5.75 Å². The molecule has 1 aliphatic rings. The van der Waals surface area contributed by atoms with Gasteiger partial charge in [0.25, 0.3) is 0 Å². The molecule has 0 amide bonds. The standard InChI is InChI=1S/C16H25N3O/c1-13(20-15-10-4-3-5-11-15)12-18-16(17-2)19-14-8-6-7-9-14/h3-5,10-11,13-14H,6-9,12H2,1-2H3,(H2,17,18,19). The van der Waals surface area contributed by atoms with Crippen LogP contribution in [0.15, 0.2) is 35.3 Å². The third-order valence-corrected chi connectivity index (χ3v) is 3.56. The maximum Gasteiger partial charge on any atom is 0.191 e. The van der Waals surface area contributed by atoms with Crippen LogP contribution in [0, 0.1) is 0 Å². The van der Waals surface area contributed by atoms with Gasteiger partial charge < -0.3 is 15.4 Å². The Hall–Kier alpha value is -1.71. The van der Waals surface area contributed by atoms with Gasteiger partial charge >= 0.3 is 0 Å². The number of guanidine groups is 1. The highest BCUT2D eigenvalue weighted by Gasteiger charge is 2.16. The van der Waals surface area contributed by atoms with Gasteiger partial charge in [-0.3, -0.25) is 4.99 Å². The molecule has 1 aromatic carbocycles. The van der Waals surface area contributed by atoms with Crippen molar-refractivity contribution in [2.75, 3.05) is 13.6 Å². The Labute approximate surface area is 121 Å². The van der Waals surface area contributed by atoms with Crippen LogP contribution in [0.5, 0.6) is 5.75 Å². The van der Waals surface area contributed by atoms with Gasteiger partial charge in [0.05, 0.1) is 6.54 Å². The Morgan fingerprint density at radius 3 is 2.65 bits per heavy atom. The fourth-order valence-corrected chi connectivity index (χ4v) is 2.47. The third-order valence-electron chi connectivity index (χ3n) is 3.56. The first kappa shape index (κ1) is 14.7. The first-order valence-corrected chi connectivity index (χ1v) is 7.47. The summed E-state index contributed by atoms with van der Waals surface area (Å²) in [5.74, 6) is 1.78. The Balaban J connectivity index is 1.72. The summed E-state index contributed by atoms with van der Waals surface area (Å²) >= 11 is 0. The molecule has 20 heavy (non-hydrogen) atoms. The molecule has 1 fully saturated rings. The van der Waals surface area contributed by atoms with Crippen LogP contribution >= 0.6 is 0 Å². The number of ether oxygens (including phenoxy) is 1. The molecule has 0 spiro atoms. The SMILES string of the molecule is CN=C(NCC(C)Oc1ccccc1)NC1CCCC1. The fourth-order valence-electron chi connectivity index (χ4n) is 2.47. The van der Waals surface area contributed by atoms with Crippen molar-refractivity contribution < 1.29 is 4.74 Å². The number of nitrogens with zero attached hydrogens (tertiary/aromatic N) is 1.